The highest BCUT2D eigenvalue weighted by Crippen LogP contribution is 2.13. The van der Waals surface area contributed by atoms with Gasteiger partial charge < -0.3 is 15.6 Å². The number of nitrogens with zero attached hydrogens (tertiary/aromatic N) is 1. The van der Waals surface area contributed by atoms with Crippen molar-refractivity contribution in [1.82, 2.24) is 14.6 Å². The SMILES string of the molecule is CNCC(C)CNS(=O)(=O)c1cc(C(N)=O)n(C)c1. The summed E-state index contributed by atoms with van der Waals surface area (Å²) in [5, 5.41) is 2.97. The molecule has 1 atom stereocenters. The summed E-state index contributed by atoms with van der Waals surface area (Å²) in [7, 11) is -0.236. The molecule has 0 aliphatic heterocycles. The predicted octanol–water partition coefficient (Wildman–Crippen LogP) is -0.742. The molecule has 0 aromatic carbocycles. The number of nitrogens with one attached hydrogen (secondary N) is 2. The molecule has 4 N–H and O–H groups in total. The zero-order valence-corrected chi connectivity index (χ0v) is 12.1. The molecule has 0 aliphatic carbocycles. The van der Waals surface area contributed by atoms with Crippen molar-refractivity contribution in [3.8, 4) is 0 Å². The van der Waals surface area contributed by atoms with E-state index in [9.17, 15) is 13.2 Å². The number of sulfonamides is 1. The number of carbonyl (C=O) groups excluding carboxylic acids is 1. The van der Waals surface area contributed by atoms with Crippen LogP contribution in [-0.4, -0.2) is 39.0 Å². The van der Waals surface area contributed by atoms with Gasteiger partial charge in [0.2, 0.25) is 10.0 Å². The van der Waals surface area contributed by atoms with E-state index in [4.69, 9.17) is 5.73 Å². The quantitative estimate of drug-likeness (QED) is 0.614. The van der Waals surface area contributed by atoms with Crippen LogP contribution < -0.4 is 15.8 Å². The van der Waals surface area contributed by atoms with E-state index in [0.717, 1.165) is 0 Å². The number of hydrogen-bond donors (Lipinski definition) is 3. The first-order chi connectivity index (χ1) is 8.77. The minimum Gasteiger partial charge on any atom is -0.364 e. The molecule has 0 saturated heterocycles. The first kappa shape index (κ1) is 15.7. The second-order valence-electron chi connectivity index (χ2n) is 4.55. The van der Waals surface area contributed by atoms with Crippen LogP contribution in [0.3, 0.4) is 0 Å². The second kappa shape index (κ2) is 6.18. The molecule has 1 unspecified atom stereocenters. The normalized spacial score (nSPS) is 13.4. The van der Waals surface area contributed by atoms with Crippen molar-refractivity contribution in [2.24, 2.45) is 18.7 Å². The zero-order chi connectivity index (χ0) is 14.6. The monoisotopic (exact) mass is 288 g/mol. The number of hydrogen-bond acceptors (Lipinski definition) is 4. The van der Waals surface area contributed by atoms with Gasteiger partial charge in [-0.3, -0.25) is 4.79 Å². The summed E-state index contributed by atoms with van der Waals surface area (Å²) in [5.74, 6) is -0.494. The van der Waals surface area contributed by atoms with E-state index < -0.39 is 15.9 Å². The van der Waals surface area contributed by atoms with Crippen LogP contribution in [0.4, 0.5) is 0 Å². The molecule has 1 aromatic heterocycles. The predicted molar refractivity (Wildman–Crippen MR) is 72.2 cm³/mol. The highest BCUT2D eigenvalue weighted by atomic mass is 32.2. The van der Waals surface area contributed by atoms with Crippen LogP contribution in [-0.2, 0) is 17.1 Å². The summed E-state index contributed by atoms with van der Waals surface area (Å²) < 4.78 is 28.0. The number of aryl methyl sites for hydroxylation is 1. The topological polar surface area (TPSA) is 106 Å². The Labute approximate surface area is 113 Å². The lowest BCUT2D eigenvalue weighted by molar-refractivity contribution is 0.0992. The van der Waals surface area contributed by atoms with Gasteiger partial charge in [-0.05, 0) is 25.6 Å². The largest absolute Gasteiger partial charge is 0.364 e. The van der Waals surface area contributed by atoms with Gasteiger partial charge in [0, 0.05) is 19.8 Å². The van der Waals surface area contributed by atoms with Gasteiger partial charge in [-0.25, -0.2) is 13.1 Å². The molecule has 0 spiro atoms. The fourth-order valence-electron chi connectivity index (χ4n) is 1.68. The van der Waals surface area contributed by atoms with Crippen LogP contribution in [0.2, 0.25) is 0 Å². The van der Waals surface area contributed by atoms with E-state index in [1.54, 1.807) is 14.1 Å². The van der Waals surface area contributed by atoms with Crippen molar-refractivity contribution in [1.29, 1.82) is 0 Å². The minimum absolute atomic E-state index is 0.0421. The summed E-state index contributed by atoms with van der Waals surface area (Å²) in [4.78, 5) is 11.1. The Bertz CT molecular complexity index is 550. The van der Waals surface area contributed by atoms with E-state index in [1.165, 1.54) is 16.8 Å². The third kappa shape index (κ3) is 4.05. The Morgan fingerprint density at radius 2 is 2.11 bits per heavy atom. The van der Waals surface area contributed by atoms with E-state index in [-0.39, 0.29) is 16.5 Å². The van der Waals surface area contributed by atoms with Crippen molar-refractivity contribution in [2.45, 2.75) is 11.8 Å². The molecular weight excluding hydrogens is 268 g/mol. The average Bonchev–Trinajstić information content (AvgIpc) is 2.70. The lowest BCUT2D eigenvalue weighted by Crippen LogP contribution is -2.32. The Morgan fingerprint density at radius 1 is 1.47 bits per heavy atom. The van der Waals surface area contributed by atoms with Gasteiger partial charge in [0.05, 0.1) is 0 Å². The molecule has 1 heterocycles. The van der Waals surface area contributed by atoms with Crippen LogP contribution in [0.1, 0.15) is 17.4 Å². The number of aromatic nitrogens is 1. The Kier molecular flexibility index (Phi) is 5.10. The molecule has 1 aromatic rings. The third-order valence-electron chi connectivity index (χ3n) is 2.72. The first-order valence-corrected chi connectivity index (χ1v) is 7.36. The smallest absolute Gasteiger partial charge is 0.265 e. The van der Waals surface area contributed by atoms with Gasteiger partial charge in [0.1, 0.15) is 10.6 Å². The van der Waals surface area contributed by atoms with E-state index in [1.807, 2.05) is 6.92 Å². The number of rotatable bonds is 7. The van der Waals surface area contributed by atoms with Crippen molar-refractivity contribution in [2.75, 3.05) is 20.1 Å². The number of primary amides is 1. The Morgan fingerprint density at radius 3 is 2.58 bits per heavy atom. The van der Waals surface area contributed by atoms with E-state index in [0.29, 0.717) is 13.1 Å². The van der Waals surface area contributed by atoms with Crippen LogP contribution in [0.15, 0.2) is 17.2 Å². The summed E-state index contributed by atoms with van der Waals surface area (Å²) >= 11 is 0. The summed E-state index contributed by atoms with van der Waals surface area (Å²) in [6, 6.07) is 1.27. The molecule has 0 fully saturated rings. The van der Waals surface area contributed by atoms with Crippen LogP contribution in [0.5, 0.6) is 0 Å². The number of amides is 1. The molecule has 0 radical (unpaired) electrons. The summed E-state index contributed by atoms with van der Waals surface area (Å²) in [5.41, 5.74) is 5.31. The molecule has 1 rings (SSSR count). The van der Waals surface area contributed by atoms with Gasteiger partial charge in [0.25, 0.3) is 5.91 Å². The molecule has 1 amide bonds. The van der Waals surface area contributed by atoms with Crippen molar-refractivity contribution in [3.63, 3.8) is 0 Å². The Hall–Kier alpha value is -1.38. The highest BCUT2D eigenvalue weighted by molar-refractivity contribution is 7.89. The fourth-order valence-corrected chi connectivity index (χ4v) is 2.92. The highest BCUT2D eigenvalue weighted by Gasteiger charge is 2.19. The maximum absolute atomic E-state index is 12.0. The van der Waals surface area contributed by atoms with E-state index >= 15 is 0 Å². The third-order valence-corrected chi connectivity index (χ3v) is 4.11. The molecule has 19 heavy (non-hydrogen) atoms. The molecule has 108 valence electrons. The summed E-state index contributed by atoms with van der Waals surface area (Å²) in [6.07, 6.45) is 1.37. The lowest BCUT2D eigenvalue weighted by atomic mass is 10.2. The number of carbonyl (C=O) groups is 1. The molecule has 0 saturated carbocycles. The number of nitrogens with two attached hydrogens (primary N) is 1. The van der Waals surface area contributed by atoms with Crippen molar-refractivity contribution >= 4 is 15.9 Å². The fraction of sp³-hybridized carbons (Fsp3) is 0.545. The zero-order valence-electron chi connectivity index (χ0n) is 11.3. The molecule has 8 heteroatoms. The molecular formula is C11H20N4O3S. The van der Waals surface area contributed by atoms with Gasteiger partial charge in [-0.15, -0.1) is 0 Å². The Balaban J connectivity index is 2.83. The maximum atomic E-state index is 12.0. The van der Waals surface area contributed by atoms with Crippen molar-refractivity contribution in [3.05, 3.63) is 18.0 Å². The second-order valence-corrected chi connectivity index (χ2v) is 6.32. The van der Waals surface area contributed by atoms with Crippen LogP contribution in [0.25, 0.3) is 0 Å². The molecule has 0 aliphatic rings. The summed E-state index contributed by atoms with van der Waals surface area (Å²) in [6.45, 7) is 2.96. The van der Waals surface area contributed by atoms with Gasteiger partial charge in [0.15, 0.2) is 0 Å². The van der Waals surface area contributed by atoms with Gasteiger partial charge in [-0.2, -0.15) is 0 Å². The van der Waals surface area contributed by atoms with Gasteiger partial charge >= 0.3 is 0 Å². The standard InChI is InChI=1S/C11H20N4O3S/c1-8(5-13-2)6-14-19(17,18)9-4-10(11(12)16)15(3)7-9/h4,7-8,13-14H,5-6H2,1-3H3,(H2,12,16). The van der Waals surface area contributed by atoms with Crippen LogP contribution >= 0.6 is 0 Å². The van der Waals surface area contributed by atoms with Gasteiger partial charge in [-0.1, -0.05) is 6.92 Å². The van der Waals surface area contributed by atoms with Crippen molar-refractivity contribution < 1.29 is 13.2 Å². The first-order valence-electron chi connectivity index (χ1n) is 5.88. The minimum atomic E-state index is -3.62. The van der Waals surface area contributed by atoms with Crippen LogP contribution in [0, 0.1) is 5.92 Å². The lowest BCUT2D eigenvalue weighted by Gasteiger charge is -2.11. The van der Waals surface area contributed by atoms with E-state index in [2.05, 4.69) is 10.0 Å². The maximum Gasteiger partial charge on any atom is 0.265 e. The molecule has 0 bridgehead atoms. The molecule has 7 nitrogen and oxygen atoms in total. The average molecular weight is 288 g/mol.